The van der Waals surface area contributed by atoms with Crippen LogP contribution in [-0.2, 0) is 126 Å². The summed E-state index contributed by atoms with van der Waals surface area (Å²) in [6.45, 7) is 30.0. The number of nitrogens with zero attached hydrogens (tertiary/aromatic N) is 14. The van der Waals surface area contributed by atoms with E-state index in [1.165, 1.54) is 113 Å². The van der Waals surface area contributed by atoms with Gasteiger partial charge in [0, 0.05) is 109 Å². The average molecular weight is 2000 g/mol. The van der Waals surface area contributed by atoms with Gasteiger partial charge in [0.25, 0.3) is 35.6 Å². The SMILES string of the molecule is C.CC(=O)OC[C@@H](OC(C)=O)[C@@H](C)[C@H](Cn1c(=O)c(-c2nncn2C)nc2cc(C)c(C)cc21)OC(C)=O.CC(=O)OC[C@@H](OC(C)=O)[C@@H](C)[C@H](Cn1c(=O)c(C(=O)O)nc2cc(C)c(C)cc21)OC(C)=O.CCl.CNC(=O)c1nc2cc(C)c(C)cc2n(C[C@H](OC(C)=O)[C@H](C)[C@@H](COC(C)=O)OC(C)=O)c1=O.Cc1cc2nc(-c3nncn3C)c(=O)n(C[C@H](O)[C@H](O)[C@H](O)CO)c2cc1C.N.[3H]B(C)O. The normalized spacial score (nSPS) is 13.4. The number of benzene rings is 4. The first-order chi connectivity index (χ1) is 65.5. The number of esters is 9. The molecular weight excluding hydrogens is 1870 g/mol. The molecule has 6 heterocycles. The Morgan fingerprint density at radius 1 is 0.418 bits per heavy atom. The number of hydrogen-bond donors (Lipinski definition) is 8. The van der Waals surface area contributed by atoms with Crippen LogP contribution in [0.25, 0.3) is 67.2 Å². The van der Waals surface area contributed by atoms with E-state index in [4.69, 9.17) is 54.1 Å². The molecule has 48 heteroatoms. The summed E-state index contributed by atoms with van der Waals surface area (Å²) >= 11 is 4.64. The minimum atomic E-state index is -1.62. The van der Waals surface area contributed by atoms with Crippen LogP contribution in [-0.4, -0.2) is 267 Å². The second-order valence-electron chi connectivity index (χ2n) is 32.6. The lowest BCUT2D eigenvalue weighted by Gasteiger charge is -2.30. The number of aromatic nitrogens is 14. The first-order valence-corrected chi connectivity index (χ1v) is 44.1. The van der Waals surface area contributed by atoms with Gasteiger partial charge in [0.1, 0.15) is 87.4 Å². The summed E-state index contributed by atoms with van der Waals surface area (Å²) in [5.41, 5.74) is 7.53. The molecule has 0 bridgehead atoms. The van der Waals surface area contributed by atoms with Crippen LogP contribution in [0.4, 0.5) is 0 Å². The Bertz CT molecular complexity index is 6440. The van der Waals surface area contributed by atoms with Crippen LogP contribution in [0.5, 0.6) is 0 Å². The van der Waals surface area contributed by atoms with Gasteiger partial charge in [-0.3, -0.25) is 67.1 Å². The maximum Gasteiger partial charge on any atom is 0.360 e. The van der Waals surface area contributed by atoms with Gasteiger partial charge in [0.15, 0.2) is 28.7 Å². The first kappa shape index (κ1) is 119. The molecule has 0 unspecified atom stereocenters. The average Bonchev–Trinajstić information content (AvgIpc) is 1.14. The highest BCUT2D eigenvalue weighted by atomic mass is 35.5. The van der Waals surface area contributed by atoms with Crippen molar-refractivity contribution in [2.24, 2.45) is 31.8 Å². The lowest BCUT2D eigenvalue weighted by molar-refractivity contribution is -0.168. The van der Waals surface area contributed by atoms with Gasteiger partial charge < -0.3 is 112 Å². The smallest absolute Gasteiger partial charge is 0.360 e. The van der Waals surface area contributed by atoms with Crippen molar-refractivity contribution in [3.05, 3.63) is 158 Å². The third-order valence-electron chi connectivity index (χ3n) is 21.9. The van der Waals surface area contributed by atoms with Crippen molar-refractivity contribution < 1.29 is 126 Å². The van der Waals surface area contributed by atoms with Gasteiger partial charge in [-0.05, 0) is 148 Å². The van der Waals surface area contributed by atoms with E-state index >= 15 is 0 Å². The second kappa shape index (κ2) is 55.7. The fraction of sp³-hybridized carbons (Fsp3) is 0.495. The number of carboxylic acids is 1. The maximum atomic E-state index is 13.8. The zero-order chi connectivity index (χ0) is 106. The Balaban J connectivity index is 0.000000477. The number of aryl methyl sites for hydroxylation is 10. The van der Waals surface area contributed by atoms with Crippen molar-refractivity contribution in [1.82, 2.24) is 79.2 Å². The van der Waals surface area contributed by atoms with Crippen LogP contribution in [0, 0.1) is 73.1 Å². The predicted molar refractivity (Wildman–Crippen MR) is 517 cm³/mol. The molecule has 0 aliphatic carbocycles. The number of ether oxygens (including phenoxy) is 9. The maximum absolute atomic E-state index is 13.8. The number of carbonyl (C=O) groups is 11. The molecule has 46 nitrogen and oxygen atoms in total. The zero-order valence-electron chi connectivity index (χ0n) is 83.8. The molecule has 0 spiro atoms. The molecule has 10 rings (SSSR count). The molecule has 0 saturated heterocycles. The number of hydrogen-bond acceptors (Lipinski definition) is 38. The summed E-state index contributed by atoms with van der Waals surface area (Å²) in [7, 11) is 3.86. The van der Waals surface area contributed by atoms with Crippen LogP contribution >= 0.6 is 11.6 Å². The Morgan fingerprint density at radius 2 is 0.667 bits per heavy atom. The Hall–Kier alpha value is -14.0. The molecule has 0 fully saturated rings. The molecule has 141 heavy (non-hydrogen) atoms. The van der Waals surface area contributed by atoms with Gasteiger partial charge in [-0.25, -0.2) is 24.7 Å². The fourth-order valence-corrected chi connectivity index (χ4v) is 14.0. The minimum Gasteiger partial charge on any atom is -0.476 e. The van der Waals surface area contributed by atoms with Crippen molar-refractivity contribution in [2.75, 3.05) is 39.9 Å². The summed E-state index contributed by atoms with van der Waals surface area (Å²) in [4.78, 5) is 200. The summed E-state index contributed by atoms with van der Waals surface area (Å²) in [6.07, 6.45) is -6.05. The van der Waals surface area contributed by atoms with Crippen molar-refractivity contribution in [2.45, 2.75) is 234 Å². The van der Waals surface area contributed by atoms with Crippen LogP contribution in [0.15, 0.2) is 80.4 Å². The van der Waals surface area contributed by atoms with Crippen molar-refractivity contribution in [1.29, 1.82) is 1.34 Å². The van der Waals surface area contributed by atoms with E-state index in [0.29, 0.717) is 38.6 Å². The third-order valence-corrected chi connectivity index (χ3v) is 21.9. The predicted octanol–water partition coefficient (Wildman–Crippen LogP) is 5.00. The second-order valence-corrected chi connectivity index (χ2v) is 32.6. The number of nitrogens with one attached hydrogen (secondary N) is 1. The van der Waals surface area contributed by atoms with Crippen LogP contribution < -0.4 is 33.7 Å². The number of aromatic carboxylic acids is 1. The molecule has 0 radical (unpaired) electrons. The van der Waals surface area contributed by atoms with E-state index in [-0.39, 0.29) is 93.8 Å². The van der Waals surface area contributed by atoms with E-state index in [1.807, 2.05) is 73.6 Å². The standard InChI is InChI=1S/C25H31N5O7.C24H31N3O8.C23H28N2O9.C18H23N5O5.CH5BO.CH3Cl.CH4.H3N/c1-13-8-19-20(9-14(13)2)30(25(34)23(27-19)24-28-26-12-29(24)7)10-21(36-17(5)32)15(3)22(37-18(6)33)11-35-16(4)31;1-12-8-18-19(9-13(12)2)27(24(32)22(26-18)23(31)25-7)10-20(34-16(5)29)14(3)21(35-17(6)30)11-33-15(4)28;1-11-7-17-18(8-12(11)2)25(22(29)21(24-17)23(30)31)9-19(33-15(5)27)13(3)20(34-16(6)28)10-32-14(4)26;1-9-4-11-12(5-10(9)2)23(6-13(25)16(27)14(26)7-24)18(28)15(20-11)17-21-19-8-22(17)3;1-2-3;1-2;;/h8-9,12,15,21-22H,10-11H2,1-7H3;8-9,14,20-21H,10-11H2,1-7H3,(H,25,31);7-8,13,19-20H,9-10H2,1-6H3,(H,30,31);4-5,8,13-14,16,24-27H,6-7H2,1-3H3;2-3H,1H3;1H3;1H4;1H3/t15-,21-,22+;14-,20-,21+;13-,19-,20+;13-,14+,16-;;;;/m0000..../s1/i;;;;2T;;;. The van der Waals surface area contributed by atoms with Crippen LogP contribution in [0.1, 0.15) is 156 Å². The highest BCUT2D eigenvalue weighted by Gasteiger charge is 2.38. The van der Waals surface area contributed by atoms with Crippen molar-refractivity contribution in [3.8, 4) is 23.0 Å². The first-order valence-electron chi connectivity index (χ1n) is 43.9. The number of amides is 1. The van der Waals surface area contributed by atoms with Gasteiger partial charge in [-0.15, -0.1) is 32.0 Å². The number of aliphatic hydroxyl groups is 4. The third kappa shape index (κ3) is 33.4. The molecule has 12 atom stereocenters. The zero-order valence-corrected chi connectivity index (χ0v) is 83.5. The lowest BCUT2D eigenvalue weighted by Crippen LogP contribution is -2.43. The lowest BCUT2D eigenvalue weighted by atomic mass is 9.97. The van der Waals surface area contributed by atoms with Crippen LogP contribution in [0.3, 0.4) is 0 Å². The van der Waals surface area contributed by atoms with E-state index in [1.54, 1.807) is 74.3 Å². The minimum absolute atomic E-state index is 0. The number of carboxylic acid groups (broad SMARTS) is 1. The molecule has 6 aromatic heterocycles. The van der Waals surface area contributed by atoms with Gasteiger partial charge in [-0.1, -0.05) is 35.0 Å². The molecule has 10 aromatic rings. The highest BCUT2D eigenvalue weighted by molar-refractivity contribution is 6.22. The van der Waals surface area contributed by atoms with E-state index < -0.39 is 180 Å². The van der Waals surface area contributed by atoms with Crippen molar-refractivity contribution >= 4 is 129 Å². The number of alkyl halides is 1. The quantitative estimate of drug-likeness (QED) is 0.0116. The summed E-state index contributed by atoms with van der Waals surface area (Å²) < 4.78 is 62.2. The van der Waals surface area contributed by atoms with Crippen LogP contribution in [0.2, 0.25) is 6.82 Å². The topological polar surface area (TPSA) is 640 Å². The molecule has 1 amide bonds. The Morgan fingerprint density at radius 3 is 0.915 bits per heavy atom. The molecule has 770 valence electrons. The fourth-order valence-electron chi connectivity index (χ4n) is 14.0. The molecule has 10 N–H and O–H groups in total. The molecule has 0 aliphatic rings. The summed E-state index contributed by atoms with van der Waals surface area (Å²) in [5.74, 6) is -9.12. The van der Waals surface area contributed by atoms with Gasteiger partial charge in [0.2, 0.25) is 5.69 Å². The Labute approximate surface area is 818 Å². The van der Waals surface area contributed by atoms with Gasteiger partial charge >= 0.3 is 59.7 Å². The van der Waals surface area contributed by atoms with Gasteiger partial charge in [-0.2, -0.15) is 0 Å². The largest absolute Gasteiger partial charge is 0.476 e. The summed E-state index contributed by atoms with van der Waals surface area (Å²) in [6, 6.07) is 14.2. The highest BCUT2D eigenvalue weighted by Crippen LogP contribution is 2.29. The number of rotatable bonds is 33. The van der Waals surface area contributed by atoms with Gasteiger partial charge in [0.05, 0.1) is 76.9 Å². The molecule has 4 aromatic carbocycles. The number of aliphatic hydroxyl groups excluding tert-OH is 4. The molecule has 0 saturated carbocycles. The number of fused-ring (bicyclic) bond motifs is 4. The number of halogens is 1. The van der Waals surface area contributed by atoms with E-state index in [2.05, 4.69) is 57.2 Å². The molecule has 0 aliphatic heterocycles. The summed E-state index contributed by atoms with van der Waals surface area (Å²) in [5, 5.41) is 74.2. The number of carbonyl (C=O) groups excluding carboxylic acids is 10. The monoisotopic (exact) mass is 2000 g/mol. The molecular formula is C93H128BClN16O30. The van der Waals surface area contributed by atoms with E-state index in [0.717, 1.165) is 44.5 Å². The van der Waals surface area contributed by atoms with E-state index in [9.17, 15) is 92.3 Å². The van der Waals surface area contributed by atoms with Crippen molar-refractivity contribution in [3.63, 3.8) is 0 Å². The Kier molecular flexibility index (Phi) is 47.1.